The molecular formula is C22H25N3O2S. The maximum Gasteiger partial charge on any atom is 0.269 e. The molecule has 0 spiro atoms. The number of thiocarbonyl (C=S) groups is 1. The van der Waals surface area contributed by atoms with Crippen molar-refractivity contribution in [3.05, 3.63) is 59.7 Å². The zero-order valence-corrected chi connectivity index (χ0v) is 16.8. The van der Waals surface area contributed by atoms with Crippen LogP contribution in [0.2, 0.25) is 0 Å². The summed E-state index contributed by atoms with van der Waals surface area (Å²) in [4.78, 5) is 23.9. The van der Waals surface area contributed by atoms with E-state index in [1.54, 1.807) is 12.1 Å². The second-order valence-corrected chi connectivity index (χ2v) is 7.46. The minimum absolute atomic E-state index is 0.0590. The molecule has 1 saturated carbocycles. The zero-order chi connectivity index (χ0) is 19.9. The third kappa shape index (κ3) is 5.63. The van der Waals surface area contributed by atoms with Gasteiger partial charge < -0.3 is 5.32 Å². The number of benzene rings is 2. The molecule has 0 aromatic heterocycles. The fraction of sp³-hybridized carbons (Fsp3) is 0.318. The minimum Gasteiger partial charge on any atom is -0.302 e. The molecule has 2 amide bonds. The molecule has 0 heterocycles. The average Bonchev–Trinajstić information content (AvgIpc) is 3.56. The summed E-state index contributed by atoms with van der Waals surface area (Å²) in [5, 5.41) is 2.67. The van der Waals surface area contributed by atoms with Crippen LogP contribution in [0.4, 0.5) is 0 Å². The first kappa shape index (κ1) is 20.0. The van der Waals surface area contributed by atoms with Crippen LogP contribution in [-0.4, -0.2) is 16.9 Å². The number of carbonyl (C=O) groups excluding carboxylic acids is 2. The van der Waals surface area contributed by atoms with Crippen molar-refractivity contribution in [2.45, 2.75) is 39.0 Å². The van der Waals surface area contributed by atoms with Crippen molar-refractivity contribution in [2.24, 2.45) is 5.92 Å². The van der Waals surface area contributed by atoms with Crippen LogP contribution in [0.3, 0.4) is 0 Å². The largest absolute Gasteiger partial charge is 0.302 e. The molecule has 0 saturated heterocycles. The first-order valence-electron chi connectivity index (χ1n) is 9.67. The van der Waals surface area contributed by atoms with E-state index in [0.717, 1.165) is 30.4 Å². The second kappa shape index (κ2) is 9.46. The van der Waals surface area contributed by atoms with Gasteiger partial charge >= 0.3 is 0 Å². The molecule has 1 aliphatic carbocycles. The SMILES string of the molecule is CCCCc1ccc(-c2ccc(C(=O)NNC(=S)NC(=O)C3CC3)cc2)cc1. The van der Waals surface area contributed by atoms with Crippen LogP contribution in [0.5, 0.6) is 0 Å². The van der Waals surface area contributed by atoms with Crippen LogP contribution >= 0.6 is 12.2 Å². The smallest absolute Gasteiger partial charge is 0.269 e. The van der Waals surface area contributed by atoms with Crippen molar-refractivity contribution < 1.29 is 9.59 Å². The molecule has 146 valence electrons. The van der Waals surface area contributed by atoms with Gasteiger partial charge in [0.2, 0.25) is 5.91 Å². The topological polar surface area (TPSA) is 70.2 Å². The summed E-state index contributed by atoms with van der Waals surface area (Å²) in [6, 6.07) is 15.9. The molecule has 0 radical (unpaired) electrons. The minimum atomic E-state index is -0.315. The molecular weight excluding hydrogens is 370 g/mol. The van der Waals surface area contributed by atoms with Crippen LogP contribution in [0, 0.1) is 5.92 Å². The molecule has 2 aromatic carbocycles. The molecule has 5 nitrogen and oxygen atoms in total. The molecule has 0 aliphatic heterocycles. The summed E-state index contributed by atoms with van der Waals surface area (Å²) in [7, 11) is 0. The summed E-state index contributed by atoms with van der Waals surface area (Å²) in [6.07, 6.45) is 5.29. The van der Waals surface area contributed by atoms with Gasteiger partial charge in [0.1, 0.15) is 0 Å². The van der Waals surface area contributed by atoms with Crippen LogP contribution < -0.4 is 16.2 Å². The summed E-state index contributed by atoms with van der Waals surface area (Å²) >= 11 is 5.01. The van der Waals surface area contributed by atoms with Crippen molar-refractivity contribution >= 4 is 29.1 Å². The Morgan fingerprint density at radius 1 is 0.964 bits per heavy atom. The quantitative estimate of drug-likeness (QED) is 0.515. The fourth-order valence-electron chi connectivity index (χ4n) is 2.84. The molecule has 1 fully saturated rings. The summed E-state index contributed by atoms with van der Waals surface area (Å²) in [5.74, 6) is -0.356. The van der Waals surface area contributed by atoms with Crippen molar-refractivity contribution in [1.29, 1.82) is 0 Å². The van der Waals surface area contributed by atoms with Crippen LogP contribution in [0.25, 0.3) is 11.1 Å². The van der Waals surface area contributed by atoms with Crippen molar-refractivity contribution in [3.63, 3.8) is 0 Å². The number of hydrogen-bond donors (Lipinski definition) is 3. The van der Waals surface area contributed by atoms with E-state index < -0.39 is 0 Å². The lowest BCUT2D eigenvalue weighted by atomic mass is 10.0. The summed E-state index contributed by atoms with van der Waals surface area (Å²) < 4.78 is 0. The first-order valence-corrected chi connectivity index (χ1v) is 10.1. The van der Waals surface area contributed by atoms with E-state index in [4.69, 9.17) is 12.2 Å². The Bertz CT molecular complexity index is 843. The number of hydrazine groups is 1. The molecule has 28 heavy (non-hydrogen) atoms. The van der Waals surface area contributed by atoms with Gasteiger partial charge in [-0.15, -0.1) is 0 Å². The van der Waals surface area contributed by atoms with Gasteiger partial charge in [0.25, 0.3) is 5.91 Å². The van der Waals surface area contributed by atoms with E-state index in [-0.39, 0.29) is 22.8 Å². The van der Waals surface area contributed by atoms with Crippen molar-refractivity contribution in [3.8, 4) is 11.1 Å². The highest BCUT2D eigenvalue weighted by molar-refractivity contribution is 7.80. The molecule has 1 aliphatic rings. The number of aryl methyl sites for hydroxylation is 1. The van der Waals surface area contributed by atoms with E-state index in [1.807, 2.05) is 12.1 Å². The van der Waals surface area contributed by atoms with Gasteiger partial charge in [0.05, 0.1) is 0 Å². The normalized spacial score (nSPS) is 12.9. The predicted octanol–water partition coefficient (Wildman–Crippen LogP) is 3.74. The Hall–Kier alpha value is -2.73. The van der Waals surface area contributed by atoms with E-state index >= 15 is 0 Å². The van der Waals surface area contributed by atoms with Gasteiger partial charge in [-0.2, -0.15) is 0 Å². The molecule has 3 rings (SSSR count). The predicted molar refractivity (Wildman–Crippen MR) is 115 cm³/mol. The highest BCUT2D eigenvalue weighted by Gasteiger charge is 2.30. The van der Waals surface area contributed by atoms with Crippen molar-refractivity contribution in [2.75, 3.05) is 0 Å². The van der Waals surface area contributed by atoms with E-state index in [1.165, 1.54) is 18.4 Å². The van der Waals surface area contributed by atoms with Gasteiger partial charge in [0.15, 0.2) is 5.11 Å². The van der Waals surface area contributed by atoms with Crippen LogP contribution in [0.15, 0.2) is 48.5 Å². The number of rotatable bonds is 6. The second-order valence-electron chi connectivity index (χ2n) is 7.05. The molecule has 0 bridgehead atoms. The number of carbonyl (C=O) groups is 2. The van der Waals surface area contributed by atoms with E-state index in [2.05, 4.69) is 47.4 Å². The molecule has 3 N–H and O–H groups in total. The maximum atomic E-state index is 12.2. The standard InChI is InChI=1S/C22H25N3O2S/c1-2-3-4-15-5-7-16(8-6-15)17-9-11-19(12-10-17)21(27)24-25-22(28)23-20(26)18-13-14-18/h5-12,18H,2-4,13-14H2,1H3,(H,24,27)(H2,23,25,26,28). The van der Waals surface area contributed by atoms with Gasteiger partial charge in [-0.05, 0) is 66.7 Å². The molecule has 0 atom stereocenters. The van der Waals surface area contributed by atoms with E-state index in [9.17, 15) is 9.59 Å². The average molecular weight is 396 g/mol. The highest BCUT2D eigenvalue weighted by Crippen LogP contribution is 2.28. The number of nitrogens with one attached hydrogen (secondary N) is 3. The number of amides is 2. The number of hydrogen-bond acceptors (Lipinski definition) is 3. The third-order valence-electron chi connectivity index (χ3n) is 4.73. The van der Waals surface area contributed by atoms with Gasteiger partial charge in [-0.3, -0.25) is 20.4 Å². The first-order chi connectivity index (χ1) is 13.6. The van der Waals surface area contributed by atoms with Crippen LogP contribution in [-0.2, 0) is 11.2 Å². The molecule has 0 unspecified atom stereocenters. The zero-order valence-electron chi connectivity index (χ0n) is 16.0. The van der Waals surface area contributed by atoms with Crippen LogP contribution in [0.1, 0.15) is 48.5 Å². The van der Waals surface area contributed by atoms with E-state index in [0.29, 0.717) is 5.56 Å². The van der Waals surface area contributed by atoms with Gasteiger partial charge in [0, 0.05) is 11.5 Å². The highest BCUT2D eigenvalue weighted by atomic mass is 32.1. The lowest BCUT2D eigenvalue weighted by Crippen LogP contribution is -2.48. The third-order valence-corrected chi connectivity index (χ3v) is 4.93. The lowest BCUT2D eigenvalue weighted by Gasteiger charge is -2.11. The van der Waals surface area contributed by atoms with Crippen molar-refractivity contribution in [1.82, 2.24) is 16.2 Å². The summed E-state index contributed by atoms with van der Waals surface area (Å²) in [6.45, 7) is 2.19. The lowest BCUT2D eigenvalue weighted by molar-refractivity contribution is -0.120. The fourth-order valence-corrected chi connectivity index (χ4v) is 2.99. The van der Waals surface area contributed by atoms with Gasteiger partial charge in [-0.1, -0.05) is 49.7 Å². The molecule has 2 aromatic rings. The Balaban J connectivity index is 1.52. The Kier molecular flexibility index (Phi) is 6.76. The Labute approximate surface area is 170 Å². The Morgan fingerprint density at radius 3 is 2.14 bits per heavy atom. The molecule has 6 heteroatoms. The Morgan fingerprint density at radius 2 is 1.57 bits per heavy atom. The summed E-state index contributed by atoms with van der Waals surface area (Å²) in [5.41, 5.74) is 9.09. The number of unbranched alkanes of at least 4 members (excludes halogenated alkanes) is 1. The monoisotopic (exact) mass is 395 g/mol. The van der Waals surface area contributed by atoms with Gasteiger partial charge in [-0.25, -0.2) is 0 Å². The maximum absolute atomic E-state index is 12.2.